The zero-order chi connectivity index (χ0) is 10.1. The first kappa shape index (κ1) is 13.5. The van der Waals surface area contributed by atoms with Crippen LogP contribution in [0.2, 0.25) is 0 Å². The maximum absolute atomic E-state index is 5.86. The van der Waals surface area contributed by atoms with Gasteiger partial charge in [-0.05, 0) is 25.7 Å². The van der Waals surface area contributed by atoms with E-state index >= 15 is 0 Å². The van der Waals surface area contributed by atoms with Gasteiger partial charge in [-0.15, -0.1) is 23.2 Å². The molecule has 2 atom stereocenters. The molecule has 0 aromatic heterocycles. The van der Waals surface area contributed by atoms with E-state index in [9.17, 15) is 0 Å². The van der Waals surface area contributed by atoms with Crippen molar-refractivity contribution in [1.82, 2.24) is 0 Å². The maximum atomic E-state index is 5.86. The molecular formula is C10H20Cl2O. The van der Waals surface area contributed by atoms with Gasteiger partial charge in [0.25, 0.3) is 0 Å². The third-order valence-electron chi connectivity index (χ3n) is 2.16. The van der Waals surface area contributed by atoms with Crippen LogP contribution in [0.25, 0.3) is 0 Å². The molecule has 0 N–H and O–H groups in total. The molecular weight excluding hydrogens is 207 g/mol. The second-order valence-electron chi connectivity index (χ2n) is 3.15. The van der Waals surface area contributed by atoms with Crippen molar-refractivity contribution in [3.8, 4) is 0 Å². The van der Waals surface area contributed by atoms with E-state index in [4.69, 9.17) is 27.9 Å². The molecule has 0 aromatic carbocycles. The summed E-state index contributed by atoms with van der Waals surface area (Å²) in [6, 6.07) is 0. The van der Waals surface area contributed by atoms with Gasteiger partial charge in [0.15, 0.2) is 0 Å². The number of halogens is 2. The Labute approximate surface area is 91.7 Å². The first-order valence-electron chi connectivity index (χ1n) is 5.05. The Morgan fingerprint density at radius 3 is 1.54 bits per heavy atom. The lowest BCUT2D eigenvalue weighted by Gasteiger charge is -2.22. The van der Waals surface area contributed by atoms with E-state index in [1.54, 1.807) is 0 Å². The molecule has 0 aliphatic rings. The highest BCUT2D eigenvalue weighted by Gasteiger charge is 2.12. The Bertz CT molecular complexity index is 97.1. The van der Waals surface area contributed by atoms with Gasteiger partial charge < -0.3 is 4.74 Å². The summed E-state index contributed by atoms with van der Waals surface area (Å²) in [7, 11) is 0. The zero-order valence-corrected chi connectivity index (χ0v) is 10.1. The van der Waals surface area contributed by atoms with Crippen LogP contribution in [0.15, 0.2) is 0 Å². The van der Waals surface area contributed by atoms with Crippen LogP contribution in [0.3, 0.4) is 0 Å². The second kappa shape index (κ2) is 9.11. The normalized spacial score (nSPS) is 15.7. The van der Waals surface area contributed by atoms with E-state index in [1.165, 1.54) is 0 Å². The molecule has 0 saturated carbocycles. The first-order chi connectivity index (χ1) is 6.28. The number of rotatable bonds is 8. The lowest BCUT2D eigenvalue weighted by molar-refractivity contribution is -0.0179. The van der Waals surface area contributed by atoms with Gasteiger partial charge in [0.2, 0.25) is 0 Å². The summed E-state index contributed by atoms with van der Waals surface area (Å²) in [6.45, 7) is 4.26. The van der Waals surface area contributed by atoms with Gasteiger partial charge in [0.05, 0.1) is 12.2 Å². The third-order valence-corrected chi connectivity index (χ3v) is 2.59. The second-order valence-corrected chi connectivity index (χ2v) is 3.91. The summed E-state index contributed by atoms with van der Waals surface area (Å²) in [5.41, 5.74) is 0. The van der Waals surface area contributed by atoms with E-state index in [1.807, 2.05) is 0 Å². The number of ether oxygens (including phenoxy) is 1. The van der Waals surface area contributed by atoms with Gasteiger partial charge in [-0.25, -0.2) is 0 Å². The summed E-state index contributed by atoms with van der Waals surface area (Å²) in [5.74, 6) is 1.35. The summed E-state index contributed by atoms with van der Waals surface area (Å²) < 4.78 is 5.86. The van der Waals surface area contributed by atoms with Crippen molar-refractivity contribution in [3.63, 3.8) is 0 Å². The topological polar surface area (TPSA) is 9.23 Å². The van der Waals surface area contributed by atoms with Crippen molar-refractivity contribution in [2.75, 3.05) is 11.8 Å². The van der Waals surface area contributed by atoms with Crippen LogP contribution in [0.5, 0.6) is 0 Å². The molecule has 0 amide bonds. The summed E-state index contributed by atoms with van der Waals surface area (Å²) in [5, 5.41) is 0. The Morgan fingerprint density at radius 2 is 1.31 bits per heavy atom. The quantitative estimate of drug-likeness (QED) is 0.573. The summed E-state index contributed by atoms with van der Waals surface area (Å²) in [4.78, 5) is 0. The van der Waals surface area contributed by atoms with E-state index in [-0.39, 0.29) is 0 Å². The van der Waals surface area contributed by atoms with Crippen molar-refractivity contribution in [3.05, 3.63) is 0 Å². The predicted molar refractivity (Wildman–Crippen MR) is 59.9 cm³/mol. The van der Waals surface area contributed by atoms with Crippen molar-refractivity contribution in [2.45, 2.75) is 51.7 Å². The molecule has 0 aromatic rings. The highest BCUT2D eigenvalue weighted by molar-refractivity contribution is 6.18. The van der Waals surface area contributed by atoms with Crippen LogP contribution in [-0.4, -0.2) is 24.0 Å². The monoisotopic (exact) mass is 226 g/mol. The molecule has 80 valence electrons. The molecule has 0 radical (unpaired) electrons. The van der Waals surface area contributed by atoms with Crippen LogP contribution >= 0.6 is 23.2 Å². The Balaban J connectivity index is 3.73. The molecule has 13 heavy (non-hydrogen) atoms. The third kappa shape index (κ3) is 6.59. The van der Waals surface area contributed by atoms with Gasteiger partial charge >= 0.3 is 0 Å². The number of alkyl halides is 2. The minimum atomic E-state index is 0.311. The van der Waals surface area contributed by atoms with E-state index < -0.39 is 0 Å². The van der Waals surface area contributed by atoms with Gasteiger partial charge in [0.1, 0.15) is 0 Å². The van der Waals surface area contributed by atoms with Crippen LogP contribution in [0, 0.1) is 0 Å². The Hall–Kier alpha value is 0.540. The Morgan fingerprint density at radius 1 is 0.923 bits per heavy atom. The molecule has 0 fully saturated rings. The molecule has 0 rings (SSSR count). The fraction of sp³-hybridized carbons (Fsp3) is 1.00. The van der Waals surface area contributed by atoms with E-state index in [0.717, 1.165) is 25.7 Å². The van der Waals surface area contributed by atoms with Gasteiger partial charge in [-0.2, -0.15) is 0 Å². The summed E-state index contributed by atoms with van der Waals surface area (Å²) in [6.07, 6.45) is 4.57. The molecule has 2 unspecified atom stereocenters. The van der Waals surface area contributed by atoms with Gasteiger partial charge in [-0.1, -0.05) is 13.8 Å². The number of hydrogen-bond acceptors (Lipinski definition) is 1. The van der Waals surface area contributed by atoms with Gasteiger partial charge in [-0.3, -0.25) is 0 Å². The molecule has 0 heterocycles. The lowest BCUT2D eigenvalue weighted by atomic mass is 10.2. The lowest BCUT2D eigenvalue weighted by Crippen LogP contribution is -2.22. The Kier molecular flexibility index (Phi) is 9.49. The average molecular weight is 227 g/mol. The van der Waals surface area contributed by atoms with Gasteiger partial charge in [0, 0.05) is 11.8 Å². The average Bonchev–Trinajstić information content (AvgIpc) is 2.16. The molecule has 0 aliphatic heterocycles. The SMILES string of the molecule is CCC(CCCl)OC(CC)CCCl. The minimum Gasteiger partial charge on any atom is -0.375 e. The predicted octanol–water partition coefficient (Wildman–Crippen LogP) is 3.82. The van der Waals surface area contributed by atoms with Crippen molar-refractivity contribution in [1.29, 1.82) is 0 Å². The van der Waals surface area contributed by atoms with Crippen LogP contribution < -0.4 is 0 Å². The highest BCUT2D eigenvalue weighted by Crippen LogP contribution is 2.13. The number of hydrogen-bond donors (Lipinski definition) is 0. The smallest absolute Gasteiger partial charge is 0.0587 e. The maximum Gasteiger partial charge on any atom is 0.0587 e. The fourth-order valence-corrected chi connectivity index (χ4v) is 1.74. The molecule has 1 nitrogen and oxygen atoms in total. The highest BCUT2D eigenvalue weighted by atomic mass is 35.5. The molecule has 3 heteroatoms. The first-order valence-corrected chi connectivity index (χ1v) is 6.12. The minimum absolute atomic E-state index is 0.311. The van der Waals surface area contributed by atoms with Crippen molar-refractivity contribution in [2.24, 2.45) is 0 Å². The van der Waals surface area contributed by atoms with Crippen molar-refractivity contribution >= 4 is 23.2 Å². The zero-order valence-electron chi connectivity index (χ0n) is 8.56. The molecule has 0 aliphatic carbocycles. The molecule has 0 bridgehead atoms. The molecule has 0 saturated heterocycles. The standard InChI is InChI=1S/C10H20Cl2O/c1-3-9(5-7-11)13-10(4-2)6-8-12/h9-10H,3-8H2,1-2H3. The van der Waals surface area contributed by atoms with E-state index in [0.29, 0.717) is 24.0 Å². The summed E-state index contributed by atoms with van der Waals surface area (Å²) >= 11 is 11.3. The largest absolute Gasteiger partial charge is 0.375 e. The van der Waals surface area contributed by atoms with E-state index in [2.05, 4.69) is 13.8 Å². The van der Waals surface area contributed by atoms with Crippen molar-refractivity contribution < 1.29 is 4.74 Å². The van der Waals surface area contributed by atoms with Crippen LogP contribution in [0.1, 0.15) is 39.5 Å². The van der Waals surface area contributed by atoms with Crippen LogP contribution in [0.4, 0.5) is 0 Å². The molecule has 0 spiro atoms. The fourth-order valence-electron chi connectivity index (χ4n) is 1.25. The van der Waals surface area contributed by atoms with Crippen LogP contribution in [-0.2, 0) is 4.74 Å².